The van der Waals surface area contributed by atoms with Crippen LogP contribution in [0.25, 0.3) is 16.9 Å². The highest BCUT2D eigenvalue weighted by atomic mass is 19.4. The maximum atomic E-state index is 13.2. The lowest BCUT2D eigenvalue weighted by Gasteiger charge is -2.33. The number of aromatic nitrogens is 4. The number of nitrogens with zero attached hydrogens (tertiary/aromatic N) is 4. The molecule has 0 N–H and O–H groups in total. The average molecular weight is 400 g/mol. The van der Waals surface area contributed by atoms with Crippen molar-refractivity contribution in [2.45, 2.75) is 31.0 Å². The number of ether oxygens (including phenoxy) is 2. The molecule has 1 fully saturated rings. The maximum absolute atomic E-state index is 13.2. The number of fused-ring (bicyclic) bond motifs is 1. The first-order valence-electron chi connectivity index (χ1n) is 8.19. The molecule has 0 saturated heterocycles. The summed E-state index contributed by atoms with van der Waals surface area (Å²) >= 11 is 0. The molecular weight excluding hydrogens is 387 g/mol. The van der Waals surface area contributed by atoms with Crippen molar-refractivity contribution in [3.05, 3.63) is 36.2 Å². The zero-order valence-corrected chi connectivity index (χ0v) is 14.4. The topological polar surface area (TPSA) is 61.5 Å². The Hall–Kier alpha value is -2.98. The number of halogens is 5. The molecule has 28 heavy (non-hydrogen) atoms. The van der Waals surface area contributed by atoms with Crippen LogP contribution >= 0.6 is 0 Å². The van der Waals surface area contributed by atoms with Gasteiger partial charge in [-0.3, -0.25) is 0 Å². The molecule has 0 amide bonds. The minimum absolute atomic E-state index is 0.110. The van der Waals surface area contributed by atoms with Gasteiger partial charge >= 0.3 is 6.36 Å². The molecule has 0 aliphatic heterocycles. The monoisotopic (exact) mass is 400 g/mol. The van der Waals surface area contributed by atoms with E-state index in [0.29, 0.717) is 22.7 Å². The van der Waals surface area contributed by atoms with Gasteiger partial charge in [0, 0.05) is 30.4 Å². The molecular formula is C17H13F5N4O2. The Labute approximate surface area is 154 Å². The zero-order chi connectivity index (χ0) is 20.1. The molecule has 1 aromatic carbocycles. The fourth-order valence-corrected chi connectivity index (χ4v) is 3.13. The fraction of sp³-hybridized carbons (Fsp3) is 0.353. The van der Waals surface area contributed by atoms with Crippen molar-refractivity contribution in [3.63, 3.8) is 0 Å². The van der Waals surface area contributed by atoms with Crippen LogP contribution in [0.5, 0.6) is 11.5 Å². The maximum Gasteiger partial charge on any atom is 0.573 e. The summed E-state index contributed by atoms with van der Waals surface area (Å²) < 4.78 is 74.0. The van der Waals surface area contributed by atoms with E-state index in [-0.39, 0.29) is 18.6 Å². The van der Waals surface area contributed by atoms with E-state index in [0.717, 1.165) is 12.1 Å². The van der Waals surface area contributed by atoms with E-state index in [9.17, 15) is 22.0 Å². The predicted octanol–water partition coefficient (Wildman–Crippen LogP) is 4.21. The Balaban J connectivity index is 1.71. The molecule has 2 heterocycles. The first-order chi connectivity index (χ1) is 13.1. The van der Waals surface area contributed by atoms with E-state index in [2.05, 4.69) is 20.0 Å². The van der Waals surface area contributed by atoms with Crippen LogP contribution in [0.15, 0.2) is 30.3 Å². The molecule has 1 saturated carbocycles. The van der Waals surface area contributed by atoms with Crippen LogP contribution in [-0.4, -0.2) is 39.2 Å². The number of alkyl halides is 5. The second-order valence-electron chi connectivity index (χ2n) is 6.42. The van der Waals surface area contributed by atoms with Gasteiger partial charge in [-0.05, 0) is 24.3 Å². The van der Waals surface area contributed by atoms with E-state index in [1.54, 1.807) is 12.1 Å². The number of benzene rings is 1. The van der Waals surface area contributed by atoms with Crippen molar-refractivity contribution >= 4 is 5.65 Å². The quantitative estimate of drug-likeness (QED) is 0.614. The van der Waals surface area contributed by atoms with Crippen LogP contribution in [0.2, 0.25) is 0 Å². The summed E-state index contributed by atoms with van der Waals surface area (Å²) in [6.07, 6.45) is -5.48. The van der Waals surface area contributed by atoms with Crippen molar-refractivity contribution < 1.29 is 31.4 Å². The minimum Gasteiger partial charge on any atom is -0.496 e. The molecule has 0 atom stereocenters. The smallest absolute Gasteiger partial charge is 0.496 e. The Bertz CT molecular complexity index is 1030. The fourth-order valence-electron chi connectivity index (χ4n) is 3.13. The van der Waals surface area contributed by atoms with Crippen LogP contribution in [0, 0.1) is 0 Å². The molecule has 148 valence electrons. The molecule has 11 heteroatoms. The van der Waals surface area contributed by atoms with Crippen molar-refractivity contribution in [1.29, 1.82) is 0 Å². The molecule has 6 nitrogen and oxygen atoms in total. The third-order valence-corrected chi connectivity index (χ3v) is 4.42. The van der Waals surface area contributed by atoms with Gasteiger partial charge in [0.25, 0.3) is 0 Å². The van der Waals surface area contributed by atoms with Gasteiger partial charge in [-0.1, -0.05) is 0 Å². The van der Waals surface area contributed by atoms with E-state index in [4.69, 9.17) is 4.74 Å². The molecule has 0 unspecified atom stereocenters. The highest BCUT2D eigenvalue weighted by molar-refractivity contribution is 5.69. The first-order valence-corrected chi connectivity index (χ1v) is 8.19. The molecule has 4 rings (SSSR count). The van der Waals surface area contributed by atoms with Gasteiger partial charge < -0.3 is 9.47 Å². The van der Waals surface area contributed by atoms with Crippen LogP contribution in [0.1, 0.15) is 24.6 Å². The molecule has 1 aliphatic rings. The summed E-state index contributed by atoms with van der Waals surface area (Å²) in [4.78, 5) is 0. The SMILES string of the molecule is COc1cc(OC(F)(F)F)ccc1-c1ccc2nnc(C3CC(F)(F)C3)n2n1. The van der Waals surface area contributed by atoms with Gasteiger partial charge in [0.2, 0.25) is 5.92 Å². The lowest BCUT2D eigenvalue weighted by atomic mass is 9.81. The Morgan fingerprint density at radius 1 is 1.11 bits per heavy atom. The summed E-state index contributed by atoms with van der Waals surface area (Å²) in [5, 5.41) is 12.3. The van der Waals surface area contributed by atoms with Crippen molar-refractivity contribution in [2.75, 3.05) is 7.11 Å². The molecule has 0 spiro atoms. The number of rotatable bonds is 4. The lowest BCUT2D eigenvalue weighted by Crippen LogP contribution is -2.34. The Kier molecular flexibility index (Phi) is 4.12. The number of hydrogen-bond acceptors (Lipinski definition) is 5. The van der Waals surface area contributed by atoms with Crippen LogP contribution < -0.4 is 9.47 Å². The van der Waals surface area contributed by atoms with E-state index in [1.807, 2.05) is 0 Å². The molecule has 1 aliphatic carbocycles. The van der Waals surface area contributed by atoms with Gasteiger partial charge in [0.05, 0.1) is 12.8 Å². The molecule has 0 radical (unpaired) electrons. The normalized spacial score (nSPS) is 16.8. The van der Waals surface area contributed by atoms with Gasteiger partial charge in [0.1, 0.15) is 11.5 Å². The Morgan fingerprint density at radius 2 is 1.86 bits per heavy atom. The van der Waals surface area contributed by atoms with Crippen molar-refractivity contribution in [3.8, 4) is 22.8 Å². The first kappa shape index (κ1) is 18.4. The highest BCUT2D eigenvalue weighted by Crippen LogP contribution is 2.47. The van der Waals surface area contributed by atoms with Gasteiger partial charge in [-0.15, -0.1) is 23.4 Å². The minimum atomic E-state index is -4.83. The second-order valence-corrected chi connectivity index (χ2v) is 6.42. The summed E-state index contributed by atoms with van der Waals surface area (Å²) in [6, 6.07) is 6.78. The highest BCUT2D eigenvalue weighted by Gasteiger charge is 2.48. The zero-order valence-electron chi connectivity index (χ0n) is 14.4. The van der Waals surface area contributed by atoms with E-state index >= 15 is 0 Å². The molecule has 0 bridgehead atoms. The number of hydrogen-bond donors (Lipinski definition) is 0. The van der Waals surface area contributed by atoms with Crippen molar-refractivity contribution in [2.24, 2.45) is 0 Å². The lowest BCUT2D eigenvalue weighted by molar-refractivity contribution is -0.274. The summed E-state index contributed by atoms with van der Waals surface area (Å²) in [5.41, 5.74) is 1.14. The van der Waals surface area contributed by atoms with E-state index in [1.165, 1.54) is 17.7 Å². The second kappa shape index (κ2) is 6.28. The third kappa shape index (κ3) is 3.43. The van der Waals surface area contributed by atoms with Crippen molar-refractivity contribution in [1.82, 2.24) is 19.8 Å². The molecule has 2 aromatic heterocycles. The Morgan fingerprint density at radius 3 is 2.50 bits per heavy atom. The standard InChI is InChI=1S/C17H13F5N4O2/c1-27-13-6-10(28-17(20,21)22)2-3-11(13)12-4-5-14-23-24-15(26(14)25-12)9-7-16(18,19)8-9/h2-6,9H,7-8H2,1H3. The van der Waals surface area contributed by atoms with E-state index < -0.39 is 24.0 Å². The van der Waals surface area contributed by atoms with Crippen LogP contribution in [-0.2, 0) is 0 Å². The van der Waals surface area contributed by atoms with Gasteiger partial charge in [-0.2, -0.15) is 9.61 Å². The molecule has 3 aromatic rings. The summed E-state index contributed by atoms with van der Waals surface area (Å²) in [5.74, 6) is -3.18. The average Bonchev–Trinajstić information content (AvgIpc) is 3.00. The predicted molar refractivity (Wildman–Crippen MR) is 86.4 cm³/mol. The summed E-state index contributed by atoms with van der Waals surface area (Å²) in [7, 11) is 1.30. The van der Waals surface area contributed by atoms with Crippen LogP contribution in [0.3, 0.4) is 0 Å². The third-order valence-electron chi connectivity index (χ3n) is 4.42. The van der Waals surface area contributed by atoms with Crippen LogP contribution in [0.4, 0.5) is 22.0 Å². The number of methoxy groups -OCH3 is 1. The van der Waals surface area contributed by atoms with Gasteiger partial charge in [0.15, 0.2) is 11.5 Å². The largest absolute Gasteiger partial charge is 0.573 e. The van der Waals surface area contributed by atoms with Gasteiger partial charge in [-0.25, -0.2) is 8.78 Å². The summed E-state index contributed by atoms with van der Waals surface area (Å²) in [6.45, 7) is 0.